The first-order chi connectivity index (χ1) is 6.77. The summed E-state index contributed by atoms with van der Waals surface area (Å²) in [4.78, 5) is 14.0. The van der Waals surface area contributed by atoms with Crippen LogP contribution in [0.15, 0.2) is 18.2 Å². The SMILES string of the molecule is CCOC(=O)c1ccc(C=CC#N)[nH]1. The van der Waals surface area contributed by atoms with E-state index in [9.17, 15) is 4.79 Å². The summed E-state index contributed by atoms with van der Waals surface area (Å²) >= 11 is 0. The fourth-order valence-corrected chi connectivity index (χ4v) is 0.964. The van der Waals surface area contributed by atoms with Crippen LogP contribution in [0.5, 0.6) is 0 Å². The molecule has 0 saturated carbocycles. The molecule has 0 bridgehead atoms. The van der Waals surface area contributed by atoms with Gasteiger partial charge in [-0.3, -0.25) is 0 Å². The van der Waals surface area contributed by atoms with E-state index in [0.29, 0.717) is 18.0 Å². The van der Waals surface area contributed by atoms with Crippen LogP contribution in [0.2, 0.25) is 0 Å². The van der Waals surface area contributed by atoms with Gasteiger partial charge in [-0.05, 0) is 25.1 Å². The minimum atomic E-state index is -0.385. The number of rotatable bonds is 3. The number of nitriles is 1. The molecular formula is C10H10N2O2. The van der Waals surface area contributed by atoms with Gasteiger partial charge in [0.2, 0.25) is 0 Å². The van der Waals surface area contributed by atoms with Crippen molar-refractivity contribution in [2.45, 2.75) is 6.92 Å². The van der Waals surface area contributed by atoms with Crippen LogP contribution < -0.4 is 0 Å². The number of allylic oxidation sites excluding steroid dienone is 1. The maximum absolute atomic E-state index is 11.2. The van der Waals surface area contributed by atoms with Crippen molar-refractivity contribution in [3.05, 3.63) is 29.6 Å². The lowest BCUT2D eigenvalue weighted by atomic mass is 10.4. The zero-order valence-electron chi connectivity index (χ0n) is 7.78. The number of hydrogen-bond donors (Lipinski definition) is 1. The molecule has 0 atom stereocenters. The van der Waals surface area contributed by atoms with Crippen molar-refractivity contribution in [1.82, 2.24) is 4.98 Å². The predicted octanol–water partition coefficient (Wildman–Crippen LogP) is 1.73. The molecule has 1 rings (SSSR count). The number of nitrogens with zero attached hydrogens (tertiary/aromatic N) is 1. The second-order valence-electron chi connectivity index (χ2n) is 2.51. The van der Waals surface area contributed by atoms with Gasteiger partial charge in [-0.2, -0.15) is 5.26 Å². The van der Waals surface area contributed by atoms with Gasteiger partial charge in [-0.1, -0.05) is 0 Å². The molecule has 4 nitrogen and oxygen atoms in total. The second kappa shape index (κ2) is 4.87. The number of hydrogen-bond acceptors (Lipinski definition) is 3. The van der Waals surface area contributed by atoms with Gasteiger partial charge < -0.3 is 9.72 Å². The first-order valence-electron chi connectivity index (χ1n) is 4.20. The lowest BCUT2D eigenvalue weighted by molar-refractivity contribution is 0.0520. The summed E-state index contributed by atoms with van der Waals surface area (Å²) in [5.74, 6) is -0.385. The quantitative estimate of drug-likeness (QED) is 0.583. The molecule has 0 radical (unpaired) electrons. The van der Waals surface area contributed by atoms with Gasteiger partial charge in [0.05, 0.1) is 12.7 Å². The Morgan fingerprint density at radius 3 is 3.14 bits per heavy atom. The molecule has 14 heavy (non-hydrogen) atoms. The third-order valence-corrected chi connectivity index (χ3v) is 1.54. The van der Waals surface area contributed by atoms with Crippen molar-refractivity contribution >= 4 is 12.0 Å². The first-order valence-corrected chi connectivity index (χ1v) is 4.20. The average molecular weight is 190 g/mol. The largest absolute Gasteiger partial charge is 0.461 e. The van der Waals surface area contributed by atoms with E-state index in [0.717, 1.165) is 0 Å². The van der Waals surface area contributed by atoms with Crippen LogP contribution in [-0.4, -0.2) is 17.6 Å². The van der Waals surface area contributed by atoms with E-state index in [2.05, 4.69) is 4.98 Å². The number of H-pyrrole nitrogens is 1. The molecule has 1 heterocycles. The first kappa shape index (κ1) is 10.1. The molecule has 0 unspecified atom stereocenters. The van der Waals surface area contributed by atoms with E-state index in [1.54, 1.807) is 25.1 Å². The fraction of sp³-hybridized carbons (Fsp3) is 0.200. The Kier molecular flexibility index (Phi) is 3.50. The van der Waals surface area contributed by atoms with Crippen molar-refractivity contribution in [3.63, 3.8) is 0 Å². The van der Waals surface area contributed by atoms with Crippen molar-refractivity contribution < 1.29 is 9.53 Å². The zero-order valence-corrected chi connectivity index (χ0v) is 7.78. The molecule has 4 heteroatoms. The third-order valence-electron chi connectivity index (χ3n) is 1.54. The summed E-state index contributed by atoms with van der Waals surface area (Å²) in [6.45, 7) is 2.10. The Bertz CT molecular complexity index is 385. The van der Waals surface area contributed by atoms with Crippen molar-refractivity contribution in [1.29, 1.82) is 5.26 Å². The van der Waals surface area contributed by atoms with Gasteiger partial charge in [-0.15, -0.1) is 0 Å². The van der Waals surface area contributed by atoms with Crippen molar-refractivity contribution in [3.8, 4) is 6.07 Å². The van der Waals surface area contributed by atoms with Gasteiger partial charge >= 0.3 is 5.97 Å². The fourth-order valence-electron chi connectivity index (χ4n) is 0.964. The highest BCUT2D eigenvalue weighted by molar-refractivity contribution is 5.87. The Balaban J connectivity index is 2.73. The molecule has 0 aromatic carbocycles. The normalized spacial score (nSPS) is 10.0. The summed E-state index contributed by atoms with van der Waals surface area (Å²) < 4.78 is 4.79. The summed E-state index contributed by atoms with van der Waals surface area (Å²) in [7, 11) is 0. The van der Waals surface area contributed by atoms with E-state index in [1.165, 1.54) is 6.08 Å². The van der Waals surface area contributed by atoms with Crippen LogP contribution in [0.3, 0.4) is 0 Å². The second-order valence-corrected chi connectivity index (χ2v) is 2.51. The number of aromatic nitrogens is 1. The van der Waals surface area contributed by atoms with E-state index in [-0.39, 0.29) is 5.97 Å². The topological polar surface area (TPSA) is 65.9 Å². The molecule has 0 aliphatic heterocycles. The third kappa shape index (κ3) is 2.49. The summed E-state index contributed by atoms with van der Waals surface area (Å²) in [6.07, 6.45) is 2.92. The molecule has 0 aliphatic rings. The summed E-state index contributed by atoms with van der Waals surface area (Å²) in [6, 6.07) is 5.19. The van der Waals surface area contributed by atoms with Crippen molar-refractivity contribution in [2.75, 3.05) is 6.61 Å². The smallest absolute Gasteiger partial charge is 0.354 e. The molecule has 1 N–H and O–H groups in total. The number of carbonyl (C=O) groups excluding carboxylic acids is 1. The number of aromatic amines is 1. The molecule has 72 valence electrons. The molecular weight excluding hydrogens is 180 g/mol. The standard InChI is InChI=1S/C10H10N2O2/c1-2-14-10(13)9-6-5-8(12-9)4-3-7-11/h3-6,12H,2H2,1H3. The molecule has 1 aromatic heterocycles. The van der Waals surface area contributed by atoms with Crippen LogP contribution in [0.25, 0.3) is 6.08 Å². The highest BCUT2D eigenvalue weighted by atomic mass is 16.5. The van der Waals surface area contributed by atoms with E-state index >= 15 is 0 Å². The highest BCUT2D eigenvalue weighted by Crippen LogP contribution is 2.05. The predicted molar refractivity (Wildman–Crippen MR) is 51.4 cm³/mol. The lowest BCUT2D eigenvalue weighted by Gasteiger charge is -1.97. The molecule has 0 aliphatic carbocycles. The van der Waals surface area contributed by atoms with Gasteiger partial charge in [0.25, 0.3) is 0 Å². The molecule has 0 spiro atoms. The number of esters is 1. The Morgan fingerprint density at radius 2 is 2.50 bits per heavy atom. The van der Waals surface area contributed by atoms with Gasteiger partial charge in [0.1, 0.15) is 5.69 Å². The average Bonchev–Trinajstić information content (AvgIpc) is 2.63. The van der Waals surface area contributed by atoms with Crippen LogP contribution in [0, 0.1) is 11.3 Å². The van der Waals surface area contributed by atoms with Gasteiger partial charge in [0, 0.05) is 11.8 Å². The maximum Gasteiger partial charge on any atom is 0.354 e. The van der Waals surface area contributed by atoms with E-state index in [1.807, 2.05) is 6.07 Å². The highest BCUT2D eigenvalue weighted by Gasteiger charge is 2.07. The van der Waals surface area contributed by atoms with E-state index < -0.39 is 0 Å². The Hall–Kier alpha value is -2.02. The van der Waals surface area contributed by atoms with Gasteiger partial charge in [-0.25, -0.2) is 4.79 Å². The minimum Gasteiger partial charge on any atom is -0.461 e. The lowest BCUT2D eigenvalue weighted by Crippen LogP contribution is -2.04. The van der Waals surface area contributed by atoms with Crippen LogP contribution in [0.4, 0.5) is 0 Å². The maximum atomic E-state index is 11.2. The number of nitrogens with one attached hydrogen (secondary N) is 1. The molecule has 0 fully saturated rings. The monoisotopic (exact) mass is 190 g/mol. The van der Waals surface area contributed by atoms with Crippen molar-refractivity contribution in [2.24, 2.45) is 0 Å². The molecule has 0 saturated heterocycles. The Labute approximate surface area is 81.8 Å². The number of carbonyl (C=O) groups is 1. The van der Waals surface area contributed by atoms with Gasteiger partial charge in [0.15, 0.2) is 0 Å². The summed E-state index contributed by atoms with van der Waals surface area (Å²) in [5.41, 5.74) is 1.10. The molecule has 1 aromatic rings. The summed E-state index contributed by atoms with van der Waals surface area (Å²) in [5, 5.41) is 8.29. The van der Waals surface area contributed by atoms with Crippen LogP contribution in [-0.2, 0) is 4.74 Å². The molecule has 0 amide bonds. The van der Waals surface area contributed by atoms with Crippen LogP contribution >= 0.6 is 0 Å². The van der Waals surface area contributed by atoms with Crippen LogP contribution in [0.1, 0.15) is 23.1 Å². The van der Waals surface area contributed by atoms with E-state index in [4.69, 9.17) is 10.00 Å². The number of ether oxygens (including phenoxy) is 1. The minimum absolute atomic E-state index is 0.348. The Morgan fingerprint density at radius 1 is 1.71 bits per heavy atom. The zero-order chi connectivity index (χ0) is 10.4.